The second-order valence-electron chi connectivity index (χ2n) is 4.93. The summed E-state index contributed by atoms with van der Waals surface area (Å²) in [6, 6.07) is 4.03. The van der Waals surface area contributed by atoms with Crippen LogP contribution in [-0.4, -0.2) is 6.04 Å². The average molecular weight is 286 g/mol. The Labute approximate surface area is 105 Å². The van der Waals surface area contributed by atoms with Crippen molar-refractivity contribution in [3.05, 3.63) is 28.0 Å². The van der Waals surface area contributed by atoms with Gasteiger partial charge in [-0.05, 0) is 58.8 Å². The average Bonchev–Trinajstić information content (AvgIpc) is 2.19. The molecule has 0 fully saturated rings. The molecule has 1 aromatic rings. The van der Waals surface area contributed by atoms with Gasteiger partial charge in [0.15, 0.2) is 0 Å². The highest BCUT2D eigenvalue weighted by molar-refractivity contribution is 9.10. The van der Waals surface area contributed by atoms with E-state index in [0.717, 1.165) is 24.1 Å². The van der Waals surface area contributed by atoms with E-state index in [9.17, 15) is 4.39 Å². The van der Waals surface area contributed by atoms with E-state index in [1.54, 1.807) is 6.07 Å². The molecule has 3 heteroatoms. The van der Waals surface area contributed by atoms with Crippen LogP contribution >= 0.6 is 15.9 Å². The van der Waals surface area contributed by atoms with Crippen molar-refractivity contribution in [1.82, 2.24) is 0 Å². The molecule has 1 nitrogen and oxygen atoms in total. The molecule has 0 radical (unpaired) electrons. The number of rotatable bonds is 2. The van der Waals surface area contributed by atoms with Crippen molar-refractivity contribution in [1.29, 1.82) is 0 Å². The van der Waals surface area contributed by atoms with Crippen molar-refractivity contribution >= 4 is 21.6 Å². The van der Waals surface area contributed by atoms with Gasteiger partial charge in [0.25, 0.3) is 0 Å². The molecule has 0 bridgehead atoms. The van der Waals surface area contributed by atoms with Crippen molar-refractivity contribution in [2.24, 2.45) is 5.92 Å². The molecule has 0 amide bonds. The van der Waals surface area contributed by atoms with Crippen LogP contribution in [0.4, 0.5) is 10.1 Å². The Morgan fingerprint density at radius 2 is 2.25 bits per heavy atom. The fourth-order valence-corrected chi connectivity index (χ4v) is 2.64. The van der Waals surface area contributed by atoms with Gasteiger partial charge in [-0.15, -0.1) is 0 Å². The van der Waals surface area contributed by atoms with Gasteiger partial charge in [0, 0.05) is 11.7 Å². The largest absolute Gasteiger partial charge is 0.382 e. The summed E-state index contributed by atoms with van der Waals surface area (Å²) in [6.07, 6.45) is 3.25. The lowest BCUT2D eigenvalue weighted by atomic mass is 9.92. The van der Waals surface area contributed by atoms with E-state index in [0.29, 0.717) is 16.4 Å². The molecule has 1 N–H and O–H groups in total. The summed E-state index contributed by atoms with van der Waals surface area (Å²) in [7, 11) is 0. The van der Waals surface area contributed by atoms with Crippen molar-refractivity contribution in [2.75, 3.05) is 5.32 Å². The van der Waals surface area contributed by atoms with Gasteiger partial charge in [0.2, 0.25) is 0 Å². The number of hydrogen-bond acceptors (Lipinski definition) is 1. The molecule has 16 heavy (non-hydrogen) atoms. The number of anilines is 1. The fourth-order valence-electron chi connectivity index (χ4n) is 2.30. The molecule has 1 aromatic carbocycles. The van der Waals surface area contributed by atoms with Crippen molar-refractivity contribution in [2.45, 2.75) is 39.2 Å². The molecule has 0 saturated heterocycles. The molecule has 0 aromatic heterocycles. The summed E-state index contributed by atoms with van der Waals surface area (Å²) in [5.74, 6) is 0.533. The maximum Gasteiger partial charge on any atom is 0.137 e. The highest BCUT2D eigenvalue weighted by Crippen LogP contribution is 2.31. The summed E-state index contributed by atoms with van der Waals surface area (Å²) in [4.78, 5) is 0. The number of fused-ring (bicyclic) bond motifs is 1. The molecule has 0 saturated carbocycles. The van der Waals surface area contributed by atoms with Gasteiger partial charge < -0.3 is 5.32 Å². The molecule has 1 heterocycles. The number of halogens is 2. The van der Waals surface area contributed by atoms with Gasteiger partial charge in [-0.2, -0.15) is 0 Å². The maximum atomic E-state index is 13.3. The Morgan fingerprint density at radius 1 is 1.50 bits per heavy atom. The van der Waals surface area contributed by atoms with Crippen LogP contribution in [-0.2, 0) is 6.42 Å². The SMILES string of the molecule is CC(C)CC1CCc2cc(F)c(Br)cc2N1. The first kappa shape index (κ1) is 11.9. The third-order valence-corrected chi connectivity index (χ3v) is 3.63. The molecular weight excluding hydrogens is 269 g/mol. The summed E-state index contributed by atoms with van der Waals surface area (Å²) in [5.41, 5.74) is 2.19. The fraction of sp³-hybridized carbons (Fsp3) is 0.538. The quantitative estimate of drug-likeness (QED) is 0.851. The molecular formula is C13H17BrFN. The first-order valence-corrected chi connectivity index (χ1v) is 6.60. The van der Waals surface area contributed by atoms with Gasteiger partial charge in [-0.25, -0.2) is 4.39 Å². The molecule has 1 unspecified atom stereocenters. The van der Waals surface area contributed by atoms with E-state index in [1.807, 2.05) is 6.07 Å². The molecule has 88 valence electrons. The molecule has 0 aliphatic carbocycles. The highest BCUT2D eigenvalue weighted by atomic mass is 79.9. The van der Waals surface area contributed by atoms with Crippen molar-refractivity contribution in [3.63, 3.8) is 0 Å². The van der Waals surface area contributed by atoms with E-state index in [-0.39, 0.29) is 5.82 Å². The second kappa shape index (κ2) is 4.74. The standard InChI is InChI=1S/C13H17BrFN/c1-8(2)5-10-4-3-9-6-12(15)11(14)7-13(9)16-10/h6-8,10,16H,3-5H2,1-2H3. The van der Waals surface area contributed by atoms with Crippen LogP contribution in [0.15, 0.2) is 16.6 Å². The monoisotopic (exact) mass is 285 g/mol. The lowest BCUT2D eigenvalue weighted by molar-refractivity contribution is 0.486. The number of nitrogens with one attached hydrogen (secondary N) is 1. The van der Waals surface area contributed by atoms with Crippen LogP contribution < -0.4 is 5.32 Å². The van der Waals surface area contributed by atoms with Crippen molar-refractivity contribution < 1.29 is 4.39 Å². The predicted octanol–water partition coefficient (Wildman–Crippen LogP) is 4.36. The van der Waals surface area contributed by atoms with Gasteiger partial charge in [0.05, 0.1) is 4.47 Å². The Balaban J connectivity index is 2.17. The zero-order valence-corrected chi connectivity index (χ0v) is 11.3. The van der Waals surface area contributed by atoms with Crippen LogP contribution in [0.2, 0.25) is 0 Å². The second-order valence-corrected chi connectivity index (χ2v) is 5.79. The summed E-state index contributed by atoms with van der Waals surface area (Å²) in [6.45, 7) is 4.47. The Hall–Kier alpha value is -0.570. The molecule has 2 rings (SSSR count). The molecule has 0 spiro atoms. The topological polar surface area (TPSA) is 12.0 Å². The minimum absolute atomic E-state index is 0.164. The molecule has 1 aliphatic rings. The molecule has 1 aliphatic heterocycles. The number of aryl methyl sites for hydroxylation is 1. The minimum Gasteiger partial charge on any atom is -0.382 e. The van der Waals surface area contributed by atoms with E-state index in [1.165, 1.54) is 6.42 Å². The highest BCUT2D eigenvalue weighted by Gasteiger charge is 2.19. The Morgan fingerprint density at radius 3 is 2.94 bits per heavy atom. The third-order valence-electron chi connectivity index (χ3n) is 3.02. The van der Waals surface area contributed by atoms with E-state index in [2.05, 4.69) is 35.1 Å². The zero-order chi connectivity index (χ0) is 11.7. The van der Waals surface area contributed by atoms with Gasteiger partial charge in [-0.3, -0.25) is 0 Å². The normalized spacial score (nSPS) is 19.4. The third kappa shape index (κ3) is 2.57. The zero-order valence-electron chi connectivity index (χ0n) is 9.69. The molecule has 1 atom stereocenters. The van der Waals surface area contributed by atoms with Gasteiger partial charge in [0.1, 0.15) is 5.82 Å². The first-order valence-electron chi connectivity index (χ1n) is 5.80. The van der Waals surface area contributed by atoms with Gasteiger partial charge >= 0.3 is 0 Å². The van der Waals surface area contributed by atoms with Crippen LogP contribution in [0.3, 0.4) is 0 Å². The summed E-state index contributed by atoms with van der Waals surface area (Å²) in [5, 5.41) is 3.50. The number of hydrogen-bond donors (Lipinski definition) is 1. The van der Waals surface area contributed by atoms with Crippen LogP contribution in [0.1, 0.15) is 32.3 Å². The summed E-state index contributed by atoms with van der Waals surface area (Å²) < 4.78 is 13.9. The van der Waals surface area contributed by atoms with E-state index in [4.69, 9.17) is 0 Å². The smallest absolute Gasteiger partial charge is 0.137 e. The Bertz CT molecular complexity index is 390. The first-order chi connectivity index (χ1) is 7.56. The van der Waals surface area contributed by atoms with Gasteiger partial charge in [-0.1, -0.05) is 13.8 Å². The predicted molar refractivity (Wildman–Crippen MR) is 69.3 cm³/mol. The lowest BCUT2D eigenvalue weighted by Crippen LogP contribution is -2.27. The minimum atomic E-state index is -0.164. The van der Waals surface area contributed by atoms with Crippen LogP contribution in [0.5, 0.6) is 0 Å². The van der Waals surface area contributed by atoms with Crippen molar-refractivity contribution in [3.8, 4) is 0 Å². The lowest BCUT2D eigenvalue weighted by Gasteiger charge is -2.28. The van der Waals surface area contributed by atoms with Crippen LogP contribution in [0.25, 0.3) is 0 Å². The maximum absolute atomic E-state index is 13.3. The van der Waals surface area contributed by atoms with Crippen LogP contribution in [0, 0.1) is 11.7 Å². The number of benzene rings is 1. The van der Waals surface area contributed by atoms with E-state index >= 15 is 0 Å². The Kier molecular flexibility index (Phi) is 3.53. The summed E-state index contributed by atoms with van der Waals surface area (Å²) >= 11 is 3.23. The van der Waals surface area contributed by atoms with E-state index < -0.39 is 0 Å².